The van der Waals surface area contributed by atoms with Gasteiger partial charge in [0.05, 0.1) is 0 Å². The molecule has 0 aliphatic rings. The van der Waals surface area contributed by atoms with Crippen LogP contribution in [0.3, 0.4) is 0 Å². The molecule has 0 aliphatic carbocycles. The van der Waals surface area contributed by atoms with E-state index in [0.717, 1.165) is 57.8 Å². The number of hydrogen-bond acceptors (Lipinski definition) is 4. The number of rotatable bonds is 17. The lowest BCUT2D eigenvalue weighted by atomic mass is 10.1. The smallest absolute Gasteiger partial charge is 0.303 e. The maximum Gasteiger partial charge on any atom is 0.303 e. The van der Waals surface area contributed by atoms with Gasteiger partial charge in [-0.25, -0.2) is 0 Å². The Kier molecular flexibility index (Phi) is 20.3. The normalized spacial score (nSPS) is 9.93. The lowest BCUT2D eigenvalue weighted by molar-refractivity contribution is -0.138. The van der Waals surface area contributed by atoms with E-state index in [0.29, 0.717) is 12.8 Å². The second kappa shape index (κ2) is 20.2. The maximum absolute atomic E-state index is 10.1. The third kappa shape index (κ3) is 32.1. The highest BCUT2D eigenvalue weighted by Crippen LogP contribution is 2.08. The van der Waals surface area contributed by atoms with E-state index in [1.165, 1.54) is 0 Å². The first-order valence-corrected chi connectivity index (χ1v) is 9.63. The van der Waals surface area contributed by atoms with Crippen molar-refractivity contribution in [3.8, 4) is 0 Å². The van der Waals surface area contributed by atoms with Gasteiger partial charge in [-0.05, 0) is 25.7 Å². The van der Waals surface area contributed by atoms with Gasteiger partial charge in [-0.15, -0.1) is 0 Å². The molecule has 0 aliphatic heterocycles. The summed E-state index contributed by atoms with van der Waals surface area (Å²) in [5.41, 5.74) is 0. The third-order valence-electron chi connectivity index (χ3n) is 3.81. The van der Waals surface area contributed by atoms with E-state index in [4.69, 9.17) is 20.4 Å². The zero-order valence-corrected chi connectivity index (χ0v) is 16.0. The largest absolute Gasteiger partial charge is 0.481 e. The molecule has 0 aromatic rings. The van der Waals surface area contributed by atoms with Crippen LogP contribution in [-0.4, -0.2) is 44.3 Å². The van der Waals surface area contributed by atoms with E-state index in [9.17, 15) is 19.2 Å². The molecule has 27 heavy (non-hydrogen) atoms. The van der Waals surface area contributed by atoms with Crippen molar-refractivity contribution in [1.29, 1.82) is 0 Å². The molecule has 0 aromatic carbocycles. The van der Waals surface area contributed by atoms with Crippen LogP contribution in [0.5, 0.6) is 0 Å². The van der Waals surface area contributed by atoms with Crippen molar-refractivity contribution < 1.29 is 39.6 Å². The van der Waals surface area contributed by atoms with E-state index in [2.05, 4.69) is 0 Å². The Hall–Kier alpha value is -2.12. The van der Waals surface area contributed by atoms with E-state index >= 15 is 0 Å². The number of carboxylic acids is 4. The summed E-state index contributed by atoms with van der Waals surface area (Å²) >= 11 is 0. The highest BCUT2D eigenvalue weighted by atomic mass is 16.4. The maximum atomic E-state index is 10.1. The molecular formula is C19H34O8. The van der Waals surface area contributed by atoms with Gasteiger partial charge in [-0.1, -0.05) is 44.9 Å². The van der Waals surface area contributed by atoms with Crippen molar-refractivity contribution in [2.75, 3.05) is 0 Å². The number of carboxylic acid groups (broad SMARTS) is 4. The van der Waals surface area contributed by atoms with E-state index in [1.54, 1.807) is 0 Å². The average Bonchev–Trinajstić information content (AvgIpc) is 2.56. The molecule has 0 atom stereocenters. The van der Waals surface area contributed by atoms with Crippen molar-refractivity contribution in [1.82, 2.24) is 0 Å². The first kappa shape index (κ1) is 27.1. The molecule has 0 unspecified atom stereocenters. The fourth-order valence-corrected chi connectivity index (χ4v) is 2.34. The number of aliphatic carboxylic acids is 4. The van der Waals surface area contributed by atoms with Crippen LogP contribution in [0.1, 0.15) is 96.3 Å². The molecular weight excluding hydrogens is 356 g/mol. The van der Waals surface area contributed by atoms with Gasteiger partial charge >= 0.3 is 23.9 Å². The minimum absolute atomic E-state index is 0.221. The molecule has 0 radical (unpaired) electrons. The predicted molar refractivity (Wildman–Crippen MR) is 99.8 cm³/mol. The molecule has 0 heterocycles. The Bertz CT molecular complexity index is 382. The summed E-state index contributed by atoms with van der Waals surface area (Å²) in [5.74, 6) is -3.00. The molecule has 0 rings (SSSR count). The highest BCUT2D eigenvalue weighted by molar-refractivity contribution is 5.67. The van der Waals surface area contributed by atoms with Gasteiger partial charge in [-0.2, -0.15) is 0 Å². The van der Waals surface area contributed by atoms with E-state index in [-0.39, 0.29) is 25.7 Å². The minimum Gasteiger partial charge on any atom is -0.481 e. The average molecular weight is 390 g/mol. The molecule has 0 aromatic heterocycles. The minimum atomic E-state index is -0.759. The Morgan fingerprint density at radius 2 is 0.481 bits per heavy atom. The van der Waals surface area contributed by atoms with Gasteiger partial charge in [0.2, 0.25) is 0 Å². The van der Waals surface area contributed by atoms with Crippen LogP contribution in [0, 0.1) is 0 Å². The summed E-state index contributed by atoms with van der Waals surface area (Å²) in [6.45, 7) is 0. The summed E-state index contributed by atoms with van der Waals surface area (Å²) in [7, 11) is 0. The second-order valence-electron chi connectivity index (χ2n) is 6.46. The van der Waals surface area contributed by atoms with Crippen molar-refractivity contribution in [2.45, 2.75) is 96.3 Å². The van der Waals surface area contributed by atoms with Gasteiger partial charge in [0.15, 0.2) is 0 Å². The molecule has 8 nitrogen and oxygen atoms in total. The van der Waals surface area contributed by atoms with Crippen molar-refractivity contribution >= 4 is 23.9 Å². The van der Waals surface area contributed by atoms with E-state index < -0.39 is 23.9 Å². The number of carbonyl (C=O) groups is 4. The molecule has 158 valence electrons. The molecule has 4 N–H and O–H groups in total. The number of hydrogen-bond donors (Lipinski definition) is 4. The summed E-state index contributed by atoms with van der Waals surface area (Å²) in [5, 5.41) is 33.3. The van der Waals surface area contributed by atoms with Gasteiger partial charge in [0.1, 0.15) is 0 Å². The highest BCUT2D eigenvalue weighted by Gasteiger charge is 1.99. The first-order chi connectivity index (χ1) is 12.8. The summed E-state index contributed by atoms with van der Waals surface area (Å²) in [6, 6.07) is 0. The van der Waals surface area contributed by atoms with Crippen LogP contribution in [0.15, 0.2) is 0 Å². The van der Waals surface area contributed by atoms with Crippen molar-refractivity contribution in [2.24, 2.45) is 0 Å². The van der Waals surface area contributed by atoms with Crippen LogP contribution in [0.4, 0.5) is 0 Å². The topological polar surface area (TPSA) is 149 Å². The van der Waals surface area contributed by atoms with Crippen LogP contribution < -0.4 is 0 Å². The molecule has 0 saturated carbocycles. The van der Waals surface area contributed by atoms with Crippen LogP contribution in [-0.2, 0) is 19.2 Å². The predicted octanol–water partition coefficient (Wildman–Crippen LogP) is 4.16. The summed E-state index contributed by atoms with van der Waals surface area (Å²) in [4.78, 5) is 40.5. The van der Waals surface area contributed by atoms with Crippen molar-refractivity contribution in [3.63, 3.8) is 0 Å². The second-order valence-corrected chi connectivity index (χ2v) is 6.46. The monoisotopic (exact) mass is 390 g/mol. The Labute approximate surface area is 160 Å². The molecule has 0 amide bonds. The third-order valence-corrected chi connectivity index (χ3v) is 3.81. The van der Waals surface area contributed by atoms with Crippen LogP contribution >= 0.6 is 0 Å². The zero-order valence-electron chi connectivity index (χ0n) is 16.0. The Morgan fingerprint density at radius 1 is 0.333 bits per heavy atom. The molecule has 0 spiro atoms. The molecule has 0 saturated heterocycles. The lowest BCUT2D eigenvalue weighted by Crippen LogP contribution is -1.95. The van der Waals surface area contributed by atoms with Crippen LogP contribution in [0.25, 0.3) is 0 Å². The fourth-order valence-electron chi connectivity index (χ4n) is 2.34. The van der Waals surface area contributed by atoms with Gasteiger partial charge in [0.25, 0.3) is 0 Å². The Balaban J connectivity index is 0. The first-order valence-electron chi connectivity index (χ1n) is 9.63. The van der Waals surface area contributed by atoms with E-state index in [1.807, 2.05) is 0 Å². The van der Waals surface area contributed by atoms with Crippen molar-refractivity contribution in [3.05, 3.63) is 0 Å². The van der Waals surface area contributed by atoms with Gasteiger partial charge in [0, 0.05) is 25.7 Å². The molecule has 0 bridgehead atoms. The van der Waals surface area contributed by atoms with Gasteiger partial charge < -0.3 is 20.4 Å². The number of unbranched alkanes of at least 4 members (excludes halogenated alkanes) is 9. The van der Waals surface area contributed by atoms with Gasteiger partial charge in [-0.3, -0.25) is 19.2 Å². The SMILES string of the molecule is O=C(O)CCCCCCCC(=O)O.O=C(O)CCCCCCCCC(=O)O. The summed E-state index contributed by atoms with van der Waals surface area (Å²) < 4.78 is 0. The lowest BCUT2D eigenvalue weighted by Gasteiger charge is -1.98. The molecule has 8 heteroatoms. The zero-order chi connectivity index (χ0) is 20.9. The quantitative estimate of drug-likeness (QED) is 0.270. The fraction of sp³-hybridized carbons (Fsp3) is 0.789. The van der Waals surface area contributed by atoms with Crippen LogP contribution in [0.2, 0.25) is 0 Å². The summed E-state index contributed by atoms with van der Waals surface area (Å²) in [6.07, 6.45) is 10.4. The Morgan fingerprint density at radius 3 is 0.630 bits per heavy atom. The molecule has 0 fully saturated rings. The standard InChI is InChI=1S/C10H18O4.C9H16O4/c11-9(12)7-5-3-1-2-4-6-8-10(13)14;10-8(11)6-4-2-1-3-5-7-9(12)13/h1-8H2,(H,11,12)(H,13,14);1-7H2,(H,10,11)(H,12,13).